The van der Waals surface area contributed by atoms with Gasteiger partial charge < -0.3 is 5.32 Å². The van der Waals surface area contributed by atoms with Crippen molar-refractivity contribution in [2.24, 2.45) is 5.92 Å². The maximum absolute atomic E-state index is 12.8. The first-order valence-electron chi connectivity index (χ1n) is 6.20. The highest BCUT2D eigenvalue weighted by atomic mass is 19.1. The Morgan fingerprint density at radius 1 is 1.41 bits per heavy atom. The molecule has 1 N–H and O–H groups in total. The molecule has 1 unspecified atom stereocenters. The van der Waals surface area contributed by atoms with E-state index in [2.05, 4.69) is 5.32 Å². The van der Waals surface area contributed by atoms with Gasteiger partial charge in [0.05, 0.1) is 0 Å². The maximum atomic E-state index is 12.8. The Hall–Kier alpha value is -1.38. The van der Waals surface area contributed by atoms with Gasteiger partial charge in [-0.15, -0.1) is 0 Å². The maximum Gasteiger partial charge on any atom is 0.223 e. The fourth-order valence-electron chi connectivity index (χ4n) is 1.98. The molecule has 1 aromatic carbocycles. The summed E-state index contributed by atoms with van der Waals surface area (Å²) in [5, 5.41) is 2.96. The molecule has 92 valence electrons. The summed E-state index contributed by atoms with van der Waals surface area (Å²) in [5.74, 6) is 0.403. The Labute approximate surface area is 101 Å². The highest BCUT2D eigenvalue weighted by Crippen LogP contribution is 2.26. The topological polar surface area (TPSA) is 29.1 Å². The molecule has 1 fully saturated rings. The van der Waals surface area contributed by atoms with Gasteiger partial charge in [0.1, 0.15) is 5.82 Å². The summed E-state index contributed by atoms with van der Waals surface area (Å²) in [6, 6.07) is 6.46. The largest absolute Gasteiger partial charge is 0.355 e. The van der Waals surface area contributed by atoms with Crippen LogP contribution in [0.1, 0.15) is 37.7 Å². The molecule has 1 aliphatic carbocycles. The third-order valence-corrected chi connectivity index (χ3v) is 3.50. The minimum absolute atomic E-state index is 0.171. The summed E-state index contributed by atoms with van der Waals surface area (Å²) in [6.45, 7) is 2.66. The van der Waals surface area contributed by atoms with Gasteiger partial charge >= 0.3 is 0 Å². The summed E-state index contributed by atoms with van der Waals surface area (Å²) in [7, 11) is 0. The second kappa shape index (κ2) is 5.30. The third-order valence-electron chi connectivity index (χ3n) is 3.50. The Morgan fingerprint density at radius 3 is 2.59 bits per heavy atom. The van der Waals surface area contributed by atoms with Crippen LogP contribution < -0.4 is 5.32 Å². The highest BCUT2D eigenvalue weighted by Gasteiger charge is 2.25. The number of benzene rings is 1. The first-order chi connectivity index (χ1) is 8.16. The van der Waals surface area contributed by atoms with Crippen LogP contribution in [0, 0.1) is 11.7 Å². The van der Waals surface area contributed by atoms with Crippen LogP contribution >= 0.6 is 0 Å². The lowest BCUT2D eigenvalue weighted by Gasteiger charge is -2.25. The lowest BCUT2D eigenvalue weighted by Crippen LogP contribution is -2.36. The molecule has 1 aliphatic rings. The molecule has 1 amide bonds. The van der Waals surface area contributed by atoms with Crippen molar-refractivity contribution in [2.45, 2.75) is 32.1 Å². The number of hydrogen-bond donors (Lipinski definition) is 1. The van der Waals surface area contributed by atoms with Crippen molar-refractivity contribution in [2.75, 3.05) is 6.54 Å². The molecule has 1 aromatic rings. The monoisotopic (exact) mass is 235 g/mol. The molecule has 17 heavy (non-hydrogen) atoms. The van der Waals surface area contributed by atoms with E-state index in [-0.39, 0.29) is 23.6 Å². The number of hydrogen-bond acceptors (Lipinski definition) is 1. The Morgan fingerprint density at radius 2 is 2.06 bits per heavy atom. The van der Waals surface area contributed by atoms with E-state index in [1.165, 1.54) is 18.6 Å². The van der Waals surface area contributed by atoms with E-state index in [0.29, 0.717) is 6.54 Å². The molecule has 0 aliphatic heterocycles. The van der Waals surface area contributed by atoms with Gasteiger partial charge in [-0.3, -0.25) is 4.79 Å². The smallest absolute Gasteiger partial charge is 0.223 e. The minimum atomic E-state index is -0.223. The minimum Gasteiger partial charge on any atom is -0.355 e. The fraction of sp³-hybridized carbons (Fsp3) is 0.500. The van der Waals surface area contributed by atoms with Gasteiger partial charge in [0.25, 0.3) is 0 Å². The molecule has 0 spiro atoms. The summed E-state index contributed by atoms with van der Waals surface area (Å²) in [4.78, 5) is 11.6. The quantitative estimate of drug-likeness (QED) is 0.854. The zero-order valence-electron chi connectivity index (χ0n) is 10.1. The summed E-state index contributed by atoms with van der Waals surface area (Å²) < 4.78 is 12.8. The van der Waals surface area contributed by atoms with E-state index >= 15 is 0 Å². The van der Waals surface area contributed by atoms with Crippen molar-refractivity contribution < 1.29 is 9.18 Å². The van der Waals surface area contributed by atoms with Crippen molar-refractivity contribution in [3.63, 3.8) is 0 Å². The van der Waals surface area contributed by atoms with Gasteiger partial charge in [-0.1, -0.05) is 25.5 Å². The van der Waals surface area contributed by atoms with Crippen LogP contribution in [0.4, 0.5) is 4.39 Å². The van der Waals surface area contributed by atoms with Crippen LogP contribution in [-0.2, 0) is 4.79 Å². The molecule has 1 atom stereocenters. The van der Waals surface area contributed by atoms with Crippen LogP contribution in [0.25, 0.3) is 0 Å². The number of carbonyl (C=O) groups excluding carboxylic acids is 1. The summed E-state index contributed by atoms with van der Waals surface area (Å²) >= 11 is 0. The van der Waals surface area contributed by atoms with E-state index in [0.717, 1.165) is 18.4 Å². The fourth-order valence-corrected chi connectivity index (χ4v) is 1.98. The zero-order valence-corrected chi connectivity index (χ0v) is 10.1. The van der Waals surface area contributed by atoms with Gasteiger partial charge in [-0.2, -0.15) is 0 Å². The SMILES string of the molecule is CC(CNC(=O)C1CCC1)c1ccc(F)cc1. The molecule has 0 bridgehead atoms. The molecule has 1 saturated carbocycles. The number of amides is 1. The number of rotatable bonds is 4. The van der Waals surface area contributed by atoms with Gasteiger partial charge in [0.2, 0.25) is 5.91 Å². The zero-order chi connectivity index (χ0) is 12.3. The molecule has 0 heterocycles. The first-order valence-corrected chi connectivity index (χ1v) is 6.20. The van der Waals surface area contributed by atoms with Gasteiger partial charge in [-0.25, -0.2) is 4.39 Å². The standard InChI is InChI=1S/C14H18FNO/c1-10(11-5-7-13(15)8-6-11)9-16-14(17)12-3-2-4-12/h5-8,10,12H,2-4,9H2,1H3,(H,16,17). The number of carbonyl (C=O) groups is 1. The number of nitrogens with one attached hydrogen (secondary N) is 1. The normalized spacial score (nSPS) is 17.3. The van der Waals surface area contributed by atoms with Crippen LogP contribution in [0.15, 0.2) is 24.3 Å². The van der Waals surface area contributed by atoms with E-state index in [4.69, 9.17) is 0 Å². The van der Waals surface area contributed by atoms with E-state index in [9.17, 15) is 9.18 Å². The molecule has 0 radical (unpaired) electrons. The lowest BCUT2D eigenvalue weighted by molar-refractivity contribution is -0.127. The van der Waals surface area contributed by atoms with Crippen LogP contribution in [-0.4, -0.2) is 12.5 Å². The Balaban J connectivity index is 1.82. The predicted octanol–water partition coefficient (Wildman–Crippen LogP) is 2.85. The van der Waals surface area contributed by atoms with E-state index in [1.54, 1.807) is 12.1 Å². The van der Waals surface area contributed by atoms with Crippen molar-refractivity contribution in [3.8, 4) is 0 Å². The molecule has 0 saturated heterocycles. The van der Waals surface area contributed by atoms with Crippen molar-refractivity contribution in [1.29, 1.82) is 0 Å². The van der Waals surface area contributed by atoms with Gasteiger partial charge in [0.15, 0.2) is 0 Å². The van der Waals surface area contributed by atoms with Crippen molar-refractivity contribution >= 4 is 5.91 Å². The van der Waals surface area contributed by atoms with E-state index < -0.39 is 0 Å². The molecule has 3 heteroatoms. The number of halogens is 1. The average molecular weight is 235 g/mol. The molecule has 2 nitrogen and oxygen atoms in total. The summed E-state index contributed by atoms with van der Waals surface area (Å²) in [5.41, 5.74) is 1.06. The van der Waals surface area contributed by atoms with Gasteiger partial charge in [-0.05, 0) is 36.5 Å². The van der Waals surface area contributed by atoms with Crippen LogP contribution in [0.3, 0.4) is 0 Å². The first kappa shape index (κ1) is 12.1. The average Bonchev–Trinajstić information content (AvgIpc) is 2.24. The molecule has 2 rings (SSSR count). The third kappa shape index (κ3) is 3.05. The highest BCUT2D eigenvalue weighted by molar-refractivity contribution is 5.79. The Bertz CT molecular complexity index is 384. The van der Waals surface area contributed by atoms with Crippen molar-refractivity contribution in [1.82, 2.24) is 5.32 Å². The predicted molar refractivity (Wildman–Crippen MR) is 65.2 cm³/mol. The van der Waals surface area contributed by atoms with Crippen LogP contribution in [0.5, 0.6) is 0 Å². The summed E-state index contributed by atoms with van der Waals surface area (Å²) in [6.07, 6.45) is 3.22. The van der Waals surface area contributed by atoms with Crippen molar-refractivity contribution in [3.05, 3.63) is 35.6 Å². The Kier molecular flexibility index (Phi) is 3.77. The second-order valence-corrected chi connectivity index (χ2v) is 4.83. The second-order valence-electron chi connectivity index (χ2n) is 4.83. The van der Waals surface area contributed by atoms with Gasteiger partial charge in [0, 0.05) is 12.5 Å². The molecule has 0 aromatic heterocycles. The molecular weight excluding hydrogens is 217 g/mol. The lowest BCUT2D eigenvalue weighted by atomic mass is 9.84. The van der Waals surface area contributed by atoms with E-state index in [1.807, 2.05) is 6.92 Å². The van der Waals surface area contributed by atoms with Crippen LogP contribution in [0.2, 0.25) is 0 Å². The molecular formula is C14H18FNO.